The monoisotopic (exact) mass is 201 g/mol. The minimum Gasteiger partial charge on any atom is -0.481 e. The lowest BCUT2D eigenvalue weighted by atomic mass is 10.1. The fourth-order valence-electron chi connectivity index (χ4n) is 0.701. The largest absolute Gasteiger partial charge is 0.481 e. The molecule has 0 aromatic carbocycles. The minimum absolute atomic E-state index is 0.111. The summed E-state index contributed by atoms with van der Waals surface area (Å²) in [5, 5.41) is 11.0. The molecular weight excluding hydrogens is 186 g/mol. The van der Waals surface area contributed by atoms with E-state index in [1.54, 1.807) is 6.92 Å². The second-order valence-electron chi connectivity index (χ2n) is 2.95. The van der Waals surface area contributed by atoms with Crippen LogP contribution in [0.4, 0.5) is 4.79 Å². The van der Waals surface area contributed by atoms with Crippen molar-refractivity contribution in [3.8, 4) is 0 Å². The summed E-state index contributed by atoms with van der Waals surface area (Å²) in [4.78, 5) is 21.5. The molecule has 2 N–H and O–H groups in total. The molecule has 0 aromatic heterocycles. The van der Waals surface area contributed by atoms with Gasteiger partial charge in [0.2, 0.25) is 0 Å². The number of alkyl carbamates (subject to hydrolysis) is 1. The molecule has 0 saturated heterocycles. The van der Waals surface area contributed by atoms with Gasteiger partial charge in [0, 0.05) is 6.04 Å². The molecule has 5 nitrogen and oxygen atoms in total. The molecule has 0 aliphatic rings. The van der Waals surface area contributed by atoms with Gasteiger partial charge in [-0.05, 0) is 13.8 Å². The highest BCUT2D eigenvalue weighted by Crippen LogP contribution is 2.02. The number of hydrogen-bond acceptors (Lipinski definition) is 3. The number of aliphatic carboxylic acids is 1. The smallest absolute Gasteiger partial charge is 0.407 e. The van der Waals surface area contributed by atoms with Crippen LogP contribution in [-0.2, 0) is 9.53 Å². The van der Waals surface area contributed by atoms with E-state index in [2.05, 4.69) is 16.6 Å². The van der Waals surface area contributed by atoms with Crippen LogP contribution in [0.3, 0.4) is 0 Å². The van der Waals surface area contributed by atoms with Gasteiger partial charge in [-0.15, -0.1) is 0 Å². The molecule has 0 aromatic rings. The highest BCUT2D eigenvalue weighted by Gasteiger charge is 2.21. The number of ether oxygens (including phenoxy) is 1. The third-order valence-electron chi connectivity index (χ3n) is 1.82. The van der Waals surface area contributed by atoms with E-state index in [1.807, 2.05) is 0 Å². The van der Waals surface area contributed by atoms with Gasteiger partial charge in [0.15, 0.2) is 0 Å². The fraction of sp³-hybridized carbons (Fsp3) is 0.556. The molecule has 0 radical (unpaired) electrons. The Balaban J connectivity index is 3.92. The molecule has 2 unspecified atom stereocenters. The van der Waals surface area contributed by atoms with E-state index >= 15 is 0 Å². The Labute approximate surface area is 82.7 Å². The van der Waals surface area contributed by atoms with Crippen molar-refractivity contribution in [1.29, 1.82) is 0 Å². The zero-order valence-electron chi connectivity index (χ0n) is 8.32. The maximum atomic E-state index is 11.0. The lowest BCUT2D eigenvalue weighted by Gasteiger charge is -2.16. The SMILES string of the molecule is C=CCOC(=O)NC(C)C(C)C(=O)O. The predicted molar refractivity (Wildman–Crippen MR) is 50.9 cm³/mol. The molecule has 0 aliphatic heterocycles. The predicted octanol–water partition coefficient (Wildman–Crippen LogP) is 1.01. The Morgan fingerprint density at radius 1 is 1.57 bits per heavy atom. The molecule has 14 heavy (non-hydrogen) atoms. The van der Waals surface area contributed by atoms with Crippen molar-refractivity contribution in [2.45, 2.75) is 19.9 Å². The molecule has 5 heteroatoms. The molecule has 0 fully saturated rings. The van der Waals surface area contributed by atoms with Crippen molar-refractivity contribution in [1.82, 2.24) is 5.32 Å². The third kappa shape index (κ3) is 4.49. The van der Waals surface area contributed by atoms with Crippen molar-refractivity contribution >= 4 is 12.1 Å². The molecule has 80 valence electrons. The number of carbonyl (C=O) groups excluding carboxylic acids is 1. The van der Waals surface area contributed by atoms with Crippen LogP contribution in [0.25, 0.3) is 0 Å². The Kier molecular flexibility index (Phi) is 5.36. The molecular formula is C9H15NO4. The van der Waals surface area contributed by atoms with Gasteiger partial charge < -0.3 is 15.2 Å². The lowest BCUT2D eigenvalue weighted by molar-refractivity contribution is -0.141. The summed E-state index contributed by atoms with van der Waals surface area (Å²) >= 11 is 0. The van der Waals surface area contributed by atoms with Gasteiger partial charge in [0.05, 0.1) is 5.92 Å². The highest BCUT2D eigenvalue weighted by atomic mass is 16.5. The van der Waals surface area contributed by atoms with Gasteiger partial charge in [0.1, 0.15) is 6.61 Å². The topological polar surface area (TPSA) is 75.6 Å². The van der Waals surface area contributed by atoms with Gasteiger partial charge in [-0.3, -0.25) is 4.79 Å². The summed E-state index contributed by atoms with van der Waals surface area (Å²) in [6.45, 7) is 6.61. The van der Waals surface area contributed by atoms with Gasteiger partial charge in [0.25, 0.3) is 0 Å². The first-order chi connectivity index (χ1) is 6.49. The van der Waals surface area contributed by atoms with Crippen LogP contribution < -0.4 is 5.32 Å². The number of rotatable bonds is 5. The highest BCUT2D eigenvalue weighted by molar-refractivity contribution is 5.73. The summed E-state index contributed by atoms with van der Waals surface area (Å²) in [6, 6.07) is -0.468. The average Bonchev–Trinajstić information content (AvgIpc) is 2.13. The molecule has 0 aliphatic carbocycles. The summed E-state index contributed by atoms with van der Waals surface area (Å²) < 4.78 is 4.63. The van der Waals surface area contributed by atoms with E-state index in [1.165, 1.54) is 13.0 Å². The van der Waals surface area contributed by atoms with E-state index in [0.717, 1.165) is 0 Å². The van der Waals surface area contributed by atoms with Gasteiger partial charge in [-0.2, -0.15) is 0 Å². The van der Waals surface area contributed by atoms with Gasteiger partial charge >= 0.3 is 12.1 Å². The van der Waals surface area contributed by atoms with Crippen LogP contribution in [0, 0.1) is 5.92 Å². The van der Waals surface area contributed by atoms with Crippen molar-refractivity contribution in [3.63, 3.8) is 0 Å². The van der Waals surface area contributed by atoms with Crippen LogP contribution in [0.1, 0.15) is 13.8 Å². The standard InChI is InChI=1S/C9H15NO4/c1-4-5-14-9(13)10-7(3)6(2)8(11)12/h4,6-7H,1,5H2,2-3H3,(H,10,13)(H,11,12). The lowest BCUT2D eigenvalue weighted by Crippen LogP contribution is -2.40. The van der Waals surface area contributed by atoms with Crippen molar-refractivity contribution in [2.24, 2.45) is 5.92 Å². The number of hydrogen-bond donors (Lipinski definition) is 2. The van der Waals surface area contributed by atoms with E-state index in [4.69, 9.17) is 5.11 Å². The van der Waals surface area contributed by atoms with Crippen LogP contribution in [-0.4, -0.2) is 29.8 Å². The Bertz CT molecular complexity index is 227. The second kappa shape index (κ2) is 6.01. The molecule has 0 bridgehead atoms. The Morgan fingerprint density at radius 2 is 2.14 bits per heavy atom. The van der Waals surface area contributed by atoms with Gasteiger partial charge in [-0.1, -0.05) is 12.7 Å². The first-order valence-electron chi connectivity index (χ1n) is 4.26. The van der Waals surface area contributed by atoms with E-state index in [9.17, 15) is 9.59 Å². The van der Waals surface area contributed by atoms with Crippen LogP contribution in [0.15, 0.2) is 12.7 Å². The summed E-state index contributed by atoms with van der Waals surface area (Å²) in [7, 11) is 0. The minimum atomic E-state index is -0.957. The fourth-order valence-corrected chi connectivity index (χ4v) is 0.701. The quantitative estimate of drug-likeness (QED) is 0.651. The Hall–Kier alpha value is -1.52. The molecule has 0 rings (SSSR count). The summed E-state index contributed by atoms with van der Waals surface area (Å²) in [5.74, 6) is -1.60. The first kappa shape index (κ1) is 12.5. The number of amides is 1. The molecule has 0 saturated carbocycles. The van der Waals surface area contributed by atoms with E-state index < -0.39 is 24.0 Å². The average molecular weight is 201 g/mol. The summed E-state index contributed by atoms with van der Waals surface area (Å²) in [6.07, 6.45) is 0.802. The first-order valence-corrected chi connectivity index (χ1v) is 4.26. The number of carboxylic acid groups (broad SMARTS) is 1. The molecule has 0 spiro atoms. The normalized spacial score (nSPS) is 13.9. The zero-order valence-corrected chi connectivity index (χ0v) is 8.32. The van der Waals surface area contributed by atoms with E-state index in [0.29, 0.717) is 0 Å². The summed E-state index contributed by atoms with van der Waals surface area (Å²) in [5.41, 5.74) is 0. The number of nitrogens with one attached hydrogen (secondary N) is 1. The van der Waals surface area contributed by atoms with Gasteiger partial charge in [-0.25, -0.2) is 4.79 Å². The second-order valence-corrected chi connectivity index (χ2v) is 2.95. The Morgan fingerprint density at radius 3 is 2.57 bits per heavy atom. The van der Waals surface area contributed by atoms with Crippen LogP contribution in [0.5, 0.6) is 0 Å². The molecule has 2 atom stereocenters. The van der Waals surface area contributed by atoms with Crippen LogP contribution in [0.2, 0.25) is 0 Å². The van der Waals surface area contributed by atoms with Crippen LogP contribution >= 0.6 is 0 Å². The number of carbonyl (C=O) groups is 2. The van der Waals surface area contributed by atoms with Crippen molar-refractivity contribution in [3.05, 3.63) is 12.7 Å². The number of carboxylic acids is 1. The maximum absolute atomic E-state index is 11.0. The maximum Gasteiger partial charge on any atom is 0.407 e. The zero-order chi connectivity index (χ0) is 11.1. The molecule has 0 heterocycles. The van der Waals surface area contributed by atoms with Crippen molar-refractivity contribution in [2.75, 3.05) is 6.61 Å². The molecule has 1 amide bonds. The van der Waals surface area contributed by atoms with Crippen molar-refractivity contribution < 1.29 is 19.4 Å². The third-order valence-corrected chi connectivity index (χ3v) is 1.82. The van der Waals surface area contributed by atoms with E-state index in [-0.39, 0.29) is 6.61 Å².